The largest absolute Gasteiger partial charge is 0.496 e. The highest BCUT2D eigenvalue weighted by atomic mass is 16.7. The van der Waals surface area contributed by atoms with Gasteiger partial charge in [0.1, 0.15) is 22.7 Å². The lowest BCUT2D eigenvalue weighted by atomic mass is 9.82. The van der Waals surface area contributed by atoms with Crippen molar-refractivity contribution >= 4 is 5.91 Å². The first-order chi connectivity index (χ1) is 14.7. The van der Waals surface area contributed by atoms with Crippen LogP contribution in [0.1, 0.15) is 37.0 Å². The molecule has 166 valence electrons. The van der Waals surface area contributed by atoms with Crippen molar-refractivity contribution in [1.29, 1.82) is 0 Å². The van der Waals surface area contributed by atoms with E-state index in [1.165, 1.54) is 0 Å². The highest BCUT2D eigenvalue weighted by Crippen LogP contribution is 2.53. The Balaban J connectivity index is 1.61. The summed E-state index contributed by atoms with van der Waals surface area (Å²) in [6.45, 7) is 3.63. The van der Waals surface area contributed by atoms with E-state index in [0.29, 0.717) is 29.9 Å². The maximum absolute atomic E-state index is 12.0. The Morgan fingerprint density at radius 2 is 1.97 bits per heavy atom. The number of hydrogen-bond acceptors (Lipinski definition) is 6. The van der Waals surface area contributed by atoms with Gasteiger partial charge < -0.3 is 29.7 Å². The van der Waals surface area contributed by atoms with Crippen LogP contribution in [-0.2, 0) is 4.74 Å². The quantitative estimate of drug-likeness (QED) is 0.679. The van der Waals surface area contributed by atoms with E-state index in [4.69, 9.17) is 14.2 Å². The van der Waals surface area contributed by atoms with Crippen molar-refractivity contribution in [3.63, 3.8) is 0 Å². The molecule has 1 saturated carbocycles. The Kier molecular flexibility index (Phi) is 5.45. The van der Waals surface area contributed by atoms with Gasteiger partial charge in [-0.25, -0.2) is 0 Å². The van der Waals surface area contributed by atoms with Crippen molar-refractivity contribution < 1.29 is 29.2 Å². The van der Waals surface area contributed by atoms with E-state index in [9.17, 15) is 15.0 Å². The molecule has 0 aromatic heterocycles. The van der Waals surface area contributed by atoms with E-state index in [-0.39, 0.29) is 11.8 Å². The summed E-state index contributed by atoms with van der Waals surface area (Å²) >= 11 is 0. The summed E-state index contributed by atoms with van der Waals surface area (Å²) in [5, 5.41) is 23.6. The van der Waals surface area contributed by atoms with Gasteiger partial charge in [-0.15, -0.1) is 0 Å². The Labute approximate surface area is 181 Å². The normalized spacial score (nSPS) is 31.9. The molecule has 2 aromatic carbocycles. The summed E-state index contributed by atoms with van der Waals surface area (Å²) in [7, 11) is 3.16. The molecule has 31 heavy (non-hydrogen) atoms. The van der Waals surface area contributed by atoms with Gasteiger partial charge in [0.2, 0.25) is 6.29 Å². The molecule has 3 N–H and O–H groups in total. The second kappa shape index (κ2) is 7.82. The van der Waals surface area contributed by atoms with Gasteiger partial charge in [0, 0.05) is 30.7 Å². The number of ether oxygens (including phenoxy) is 3. The molecule has 1 saturated heterocycles. The number of carbonyl (C=O) groups is 1. The molecule has 1 amide bonds. The lowest BCUT2D eigenvalue weighted by Gasteiger charge is -2.45. The Morgan fingerprint density at radius 3 is 2.61 bits per heavy atom. The number of hydrogen-bond donors (Lipinski definition) is 3. The minimum atomic E-state index is -1.21. The molecule has 1 spiro atoms. The molecule has 1 aliphatic carbocycles. The predicted molar refractivity (Wildman–Crippen MR) is 115 cm³/mol. The van der Waals surface area contributed by atoms with Crippen LogP contribution in [0.5, 0.6) is 11.5 Å². The van der Waals surface area contributed by atoms with Crippen molar-refractivity contribution in [1.82, 2.24) is 5.32 Å². The second-order valence-corrected chi connectivity index (χ2v) is 8.71. The van der Waals surface area contributed by atoms with Crippen molar-refractivity contribution in [3.05, 3.63) is 48.0 Å². The zero-order valence-corrected chi connectivity index (χ0v) is 18.2. The van der Waals surface area contributed by atoms with Gasteiger partial charge in [0.15, 0.2) is 0 Å². The monoisotopic (exact) mass is 427 g/mol. The van der Waals surface area contributed by atoms with Gasteiger partial charge in [-0.3, -0.25) is 4.79 Å². The third-order valence-electron chi connectivity index (χ3n) is 6.53. The maximum Gasteiger partial charge on any atom is 0.251 e. The molecule has 5 atom stereocenters. The van der Waals surface area contributed by atoms with Crippen molar-refractivity contribution in [2.24, 2.45) is 5.92 Å². The van der Waals surface area contributed by atoms with Gasteiger partial charge >= 0.3 is 0 Å². The predicted octanol–water partition coefficient (Wildman–Crippen LogP) is 2.74. The number of aliphatic hydroxyl groups is 2. The van der Waals surface area contributed by atoms with Gasteiger partial charge in [0.25, 0.3) is 5.91 Å². The molecular formula is C24H29NO6. The van der Waals surface area contributed by atoms with E-state index >= 15 is 0 Å². The average molecular weight is 427 g/mol. The first kappa shape index (κ1) is 21.6. The van der Waals surface area contributed by atoms with Crippen LogP contribution in [-0.4, -0.2) is 53.9 Å². The van der Waals surface area contributed by atoms with E-state index in [0.717, 1.165) is 11.1 Å². The molecule has 0 bridgehead atoms. The van der Waals surface area contributed by atoms with Gasteiger partial charge in [-0.1, -0.05) is 19.1 Å². The van der Waals surface area contributed by atoms with Crippen molar-refractivity contribution in [3.8, 4) is 22.6 Å². The van der Waals surface area contributed by atoms with E-state index in [1.807, 2.05) is 25.1 Å². The third-order valence-corrected chi connectivity index (χ3v) is 6.53. The molecule has 2 aliphatic rings. The lowest BCUT2D eigenvalue weighted by molar-refractivity contribution is -0.277. The fourth-order valence-electron chi connectivity index (χ4n) is 4.17. The van der Waals surface area contributed by atoms with Crippen LogP contribution >= 0.6 is 0 Å². The van der Waals surface area contributed by atoms with E-state index in [2.05, 4.69) is 5.32 Å². The molecule has 0 unspecified atom stereocenters. The zero-order valence-electron chi connectivity index (χ0n) is 18.2. The van der Waals surface area contributed by atoms with Gasteiger partial charge in [-0.05, 0) is 49.1 Å². The Morgan fingerprint density at radius 1 is 1.23 bits per heavy atom. The zero-order chi connectivity index (χ0) is 22.4. The fraction of sp³-hybridized carbons (Fsp3) is 0.458. The van der Waals surface area contributed by atoms with Crippen LogP contribution in [0, 0.1) is 5.92 Å². The van der Waals surface area contributed by atoms with Crippen molar-refractivity contribution in [2.45, 2.75) is 50.3 Å². The standard InChI is InChI=1S/C24H29NO6/c1-14-12-24(13-20(24)26)31-22(23(14,2)28)30-17-8-9-18(19(11-17)29-4)15-6-5-7-16(10-15)21(27)25-3/h5-11,14,20,22,26,28H,12-13H2,1-4H3,(H,25,27)/t14-,20+,22-,23-,24+/m0/s1. The molecule has 7 heteroatoms. The fourth-order valence-corrected chi connectivity index (χ4v) is 4.17. The summed E-state index contributed by atoms with van der Waals surface area (Å²) in [5.41, 5.74) is 0.354. The number of benzene rings is 2. The molecule has 4 rings (SSSR count). The number of amides is 1. The highest BCUT2D eigenvalue weighted by Gasteiger charge is 2.64. The number of carbonyl (C=O) groups excluding carboxylic acids is 1. The van der Waals surface area contributed by atoms with Crippen LogP contribution in [0.4, 0.5) is 0 Å². The molecular weight excluding hydrogens is 398 g/mol. The van der Waals surface area contributed by atoms with Crippen LogP contribution in [0.15, 0.2) is 42.5 Å². The van der Waals surface area contributed by atoms with Gasteiger partial charge in [0.05, 0.1) is 13.2 Å². The number of aliphatic hydroxyl groups excluding tert-OH is 1. The first-order valence-corrected chi connectivity index (χ1v) is 10.5. The average Bonchev–Trinajstić information content (AvgIpc) is 3.38. The Bertz CT molecular complexity index is 990. The summed E-state index contributed by atoms with van der Waals surface area (Å²) in [6.07, 6.45) is -0.301. The van der Waals surface area contributed by atoms with Crippen LogP contribution in [0.2, 0.25) is 0 Å². The molecule has 1 heterocycles. The molecule has 2 aromatic rings. The summed E-state index contributed by atoms with van der Waals surface area (Å²) in [4.78, 5) is 12.0. The van der Waals surface area contributed by atoms with Crippen molar-refractivity contribution in [2.75, 3.05) is 14.2 Å². The Hall–Kier alpha value is -2.61. The number of rotatable bonds is 5. The second-order valence-electron chi connectivity index (χ2n) is 8.71. The maximum atomic E-state index is 12.0. The summed E-state index contributed by atoms with van der Waals surface area (Å²) < 4.78 is 17.6. The third kappa shape index (κ3) is 3.89. The molecule has 1 aliphatic heterocycles. The first-order valence-electron chi connectivity index (χ1n) is 10.5. The summed E-state index contributed by atoms with van der Waals surface area (Å²) in [5.74, 6) is 0.781. The SMILES string of the molecule is CNC(=O)c1cccc(-c2ccc(O[C@H]3O[C@@]4(C[C@H]4O)C[C@H](C)[C@]3(C)O)cc2OC)c1. The van der Waals surface area contributed by atoms with Gasteiger partial charge in [-0.2, -0.15) is 0 Å². The minimum Gasteiger partial charge on any atom is -0.496 e. The van der Waals surface area contributed by atoms with Crippen LogP contribution < -0.4 is 14.8 Å². The number of nitrogens with one attached hydrogen (secondary N) is 1. The smallest absolute Gasteiger partial charge is 0.251 e. The van der Waals surface area contributed by atoms with E-state index in [1.54, 1.807) is 45.3 Å². The van der Waals surface area contributed by atoms with Crippen LogP contribution in [0.25, 0.3) is 11.1 Å². The highest BCUT2D eigenvalue weighted by molar-refractivity contribution is 5.95. The number of methoxy groups -OCH3 is 1. The topological polar surface area (TPSA) is 97.3 Å². The minimum absolute atomic E-state index is 0.1000. The molecule has 0 radical (unpaired) electrons. The molecule has 2 fully saturated rings. The lowest BCUT2D eigenvalue weighted by Crippen LogP contribution is -2.57. The molecule has 7 nitrogen and oxygen atoms in total. The van der Waals surface area contributed by atoms with E-state index < -0.39 is 23.6 Å². The van der Waals surface area contributed by atoms with Crippen LogP contribution in [0.3, 0.4) is 0 Å². The summed E-state index contributed by atoms with van der Waals surface area (Å²) in [6, 6.07) is 12.6.